The molecule has 0 aromatic heterocycles. The molecule has 0 saturated carbocycles. The van der Waals surface area contributed by atoms with Crippen LogP contribution in [0.5, 0.6) is 0 Å². The summed E-state index contributed by atoms with van der Waals surface area (Å²) in [5.74, 6) is 0. The van der Waals surface area contributed by atoms with Crippen LogP contribution in [0, 0.1) is 0 Å². The largest absolute Gasteiger partial charge is 0.382 e. The van der Waals surface area contributed by atoms with Crippen molar-refractivity contribution in [2.75, 3.05) is 42.9 Å². The number of benzene rings is 1. The van der Waals surface area contributed by atoms with E-state index in [0.29, 0.717) is 0 Å². The molecule has 86 valence electrons. The van der Waals surface area contributed by atoms with Crippen molar-refractivity contribution in [1.29, 1.82) is 0 Å². The Kier molecular flexibility index (Phi) is 3.83. The number of rotatable bonds is 4. The first-order chi connectivity index (χ1) is 7.90. The van der Waals surface area contributed by atoms with Gasteiger partial charge in [-0.3, -0.25) is 0 Å². The van der Waals surface area contributed by atoms with Gasteiger partial charge in [0.05, 0.1) is 0 Å². The molecule has 1 aromatic carbocycles. The van der Waals surface area contributed by atoms with Gasteiger partial charge in [0.1, 0.15) is 0 Å². The molecule has 16 heavy (non-hydrogen) atoms. The molecule has 3 heteroatoms. The van der Waals surface area contributed by atoms with Crippen LogP contribution in [0.4, 0.5) is 11.4 Å². The van der Waals surface area contributed by atoms with E-state index in [1.54, 1.807) is 0 Å². The molecule has 0 radical (unpaired) electrons. The van der Waals surface area contributed by atoms with Crippen LogP contribution in [-0.4, -0.2) is 32.7 Å². The summed E-state index contributed by atoms with van der Waals surface area (Å²) < 4.78 is 0. The highest BCUT2D eigenvalue weighted by Gasteiger charge is 2.09. The van der Waals surface area contributed by atoms with Gasteiger partial charge >= 0.3 is 0 Å². The van der Waals surface area contributed by atoms with Crippen molar-refractivity contribution in [3.05, 3.63) is 36.9 Å². The van der Waals surface area contributed by atoms with E-state index < -0.39 is 0 Å². The Morgan fingerprint density at radius 1 is 1.38 bits per heavy atom. The van der Waals surface area contributed by atoms with Crippen LogP contribution in [0.3, 0.4) is 0 Å². The third-order valence-corrected chi connectivity index (χ3v) is 2.78. The first kappa shape index (κ1) is 11.0. The second-order valence-corrected chi connectivity index (χ2v) is 3.96. The fourth-order valence-corrected chi connectivity index (χ4v) is 1.93. The zero-order chi connectivity index (χ0) is 11.2. The number of anilines is 2. The van der Waals surface area contributed by atoms with Crippen molar-refractivity contribution in [2.24, 2.45) is 0 Å². The van der Waals surface area contributed by atoms with Gasteiger partial charge in [0, 0.05) is 44.1 Å². The lowest BCUT2D eigenvalue weighted by Crippen LogP contribution is -2.43. The lowest BCUT2D eigenvalue weighted by molar-refractivity contribution is 0.589. The van der Waals surface area contributed by atoms with Gasteiger partial charge in [-0.2, -0.15) is 0 Å². The summed E-state index contributed by atoms with van der Waals surface area (Å²) >= 11 is 0. The monoisotopic (exact) mass is 217 g/mol. The van der Waals surface area contributed by atoms with Gasteiger partial charge in [-0.05, 0) is 18.2 Å². The molecule has 0 aliphatic carbocycles. The normalized spacial score (nSPS) is 15.9. The van der Waals surface area contributed by atoms with Crippen molar-refractivity contribution in [1.82, 2.24) is 5.32 Å². The maximum atomic E-state index is 3.71. The van der Waals surface area contributed by atoms with Gasteiger partial charge < -0.3 is 15.5 Å². The average Bonchev–Trinajstić information content (AvgIpc) is 2.38. The van der Waals surface area contributed by atoms with E-state index in [4.69, 9.17) is 0 Å². The SMILES string of the molecule is C=CCNc1cccc(N2CCNCC2)c1. The Balaban J connectivity index is 2.05. The van der Waals surface area contributed by atoms with E-state index in [9.17, 15) is 0 Å². The molecule has 1 heterocycles. The lowest BCUT2D eigenvalue weighted by atomic mass is 10.2. The molecular formula is C13H19N3. The molecule has 1 aliphatic heterocycles. The van der Waals surface area contributed by atoms with E-state index in [1.807, 2.05) is 6.08 Å². The number of hydrogen-bond donors (Lipinski definition) is 2. The topological polar surface area (TPSA) is 27.3 Å². The summed E-state index contributed by atoms with van der Waals surface area (Å²) in [5, 5.41) is 6.68. The standard InChI is InChI=1S/C13H19N3/c1-2-6-15-12-4-3-5-13(11-12)16-9-7-14-8-10-16/h2-5,11,14-15H,1,6-10H2. The van der Waals surface area contributed by atoms with Crippen LogP contribution in [0.15, 0.2) is 36.9 Å². The molecule has 3 nitrogen and oxygen atoms in total. The molecular weight excluding hydrogens is 198 g/mol. The molecule has 1 fully saturated rings. The highest BCUT2D eigenvalue weighted by Crippen LogP contribution is 2.19. The highest BCUT2D eigenvalue weighted by atomic mass is 15.2. The second kappa shape index (κ2) is 5.56. The minimum absolute atomic E-state index is 0.811. The lowest BCUT2D eigenvalue weighted by Gasteiger charge is -2.29. The number of hydrogen-bond acceptors (Lipinski definition) is 3. The molecule has 1 aliphatic rings. The summed E-state index contributed by atoms with van der Waals surface area (Å²) in [4.78, 5) is 2.41. The summed E-state index contributed by atoms with van der Waals surface area (Å²) in [6.07, 6.45) is 1.87. The Morgan fingerprint density at radius 3 is 2.94 bits per heavy atom. The summed E-state index contributed by atoms with van der Waals surface area (Å²) in [6, 6.07) is 8.57. The van der Waals surface area contributed by atoms with E-state index in [-0.39, 0.29) is 0 Å². The molecule has 1 aromatic rings. The van der Waals surface area contributed by atoms with E-state index >= 15 is 0 Å². The van der Waals surface area contributed by atoms with Crippen molar-refractivity contribution in [3.63, 3.8) is 0 Å². The molecule has 1 saturated heterocycles. The van der Waals surface area contributed by atoms with Crippen LogP contribution in [0.25, 0.3) is 0 Å². The molecule has 0 unspecified atom stereocenters. The van der Waals surface area contributed by atoms with Crippen molar-refractivity contribution in [3.8, 4) is 0 Å². The number of nitrogens with zero attached hydrogens (tertiary/aromatic N) is 1. The van der Waals surface area contributed by atoms with Gasteiger partial charge in [0.25, 0.3) is 0 Å². The molecule has 2 N–H and O–H groups in total. The summed E-state index contributed by atoms with van der Waals surface area (Å²) in [6.45, 7) is 8.84. The summed E-state index contributed by atoms with van der Waals surface area (Å²) in [5.41, 5.74) is 2.46. The molecule has 0 bridgehead atoms. The van der Waals surface area contributed by atoms with Crippen LogP contribution >= 0.6 is 0 Å². The Bertz CT molecular complexity index is 343. The van der Waals surface area contributed by atoms with E-state index in [2.05, 4.69) is 46.4 Å². The Labute approximate surface area is 97.2 Å². The van der Waals surface area contributed by atoms with Gasteiger partial charge in [-0.25, -0.2) is 0 Å². The smallest absolute Gasteiger partial charge is 0.0387 e. The first-order valence-electron chi connectivity index (χ1n) is 5.80. The molecule has 0 atom stereocenters. The zero-order valence-electron chi connectivity index (χ0n) is 9.58. The highest BCUT2D eigenvalue weighted by molar-refractivity contribution is 5.58. The van der Waals surface area contributed by atoms with Gasteiger partial charge in [0.2, 0.25) is 0 Å². The molecule has 0 spiro atoms. The fourth-order valence-electron chi connectivity index (χ4n) is 1.93. The maximum Gasteiger partial charge on any atom is 0.0387 e. The quantitative estimate of drug-likeness (QED) is 0.752. The summed E-state index contributed by atoms with van der Waals surface area (Å²) in [7, 11) is 0. The van der Waals surface area contributed by atoms with Gasteiger partial charge in [0.15, 0.2) is 0 Å². The van der Waals surface area contributed by atoms with Gasteiger partial charge in [-0.15, -0.1) is 6.58 Å². The van der Waals surface area contributed by atoms with Crippen molar-refractivity contribution < 1.29 is 0 Å². The maximum absolute atomic E-state index is 3.71. The zero-order valence-corrected chi connectivity index (χ0v) is 9.58. The Hall–Kier alpha value is -1.48. The number of nitrogens with one attached hydrogen (secondary N) is 2. The van der Waals surface area contributed by atoms with Crippen LogP contribution in [0.1, 0.15) is 0 Å². The predicted molar refractivity (Wildman–Crippen MR) is 70.2 cm³/mol. The van der Waals surface area contributed by atoms with E-state index in [0.717, 1.165) is 38.4 Å². The van der Waals surface area contributed by atoms with Gasteiger partial charge in [-0.1, -0.05) is 12.1 Å². The first-order valence-corrected chi connectivity index (χ1v) is 5.80. The van der Waals surface area contributed by atoms with Crippen molar-refractivity contribution in [2.45, 2.75) is 0 Å². The van der Waals surface area contributed by atoms with Crippen LogP contribution in [0.2, 0.25) is 0 Å². The van der Waals surface area contributed by atoms with Crippen molar-refractivity contribution >= 4 is 11.4 Å². The minimum atomic E-state index is 0.811. The minimum Gasteiger partial charge on any atom is -0.382 e. The second-order valence-electron chi connectivity index (χ2n) is 3.96. The average molecular weight is 217 g/mol. The van der Waals surface area contributed by atoms with E-state index in [1.165, 1.54) is 5.69 Å². The third kappa shape index (κ3) is 2.76. The third-order valence-electron chi connectivity index (χ3n) is 2.78. The van der Waals surface area contributed by atoms with Crippen LogP contribution in [-0.2, 0) is 0 Å². The predicted octanol–water partition coefficient (Wildman–Crippen LogP) is 1.69. The Morgan fingerprint density at radius 2 is 2.19 bits per heavy atom. The van der Waals surface area contributed by atoms with Crippen LogP contribution < -0.4 is 15.5 Å². The number of piperazine rings is 1. The fraction of sp³-hybridized carbons (Fsp3) is 0.385. The molecule has 2 rings (SSSR count). The molecule has 0 amide bonds.